The van der Waals surface area contributed by atoms with Crippen LogP contribution in [0.2, 0.25) is 0 Å². The van der Waals surface area contributed by atoms with Gasteiger partial charge in [-0.05, 0) is 55.8 Å². The lowest BCUT2D eigenvalue weighted by Gasteiger charge is -2.38. The van der Waals surface area contributed by atoms with Crippen molar-refractivity contribution in [2.45, 2.75) is 45.4 Å². The highest BCUT2D eigenvalue weighted by Crippen LogP contribution is 2.20. The molecule has 90 valence electrons. The van der Waals surface area contributed by atoms with Crippen LogP contribution in [0.15, 0.2) is 22.8 Å². The first-order valence-electron chi connectivity index (χ1n) is 5.30. The van der Waals surface area contributed by atoms with Crippen molar-refractivity contribution >= 4 is 15.9 Å². The largest absolute Gasteiger partial charge is 0.389 e. The molecule has 3 nitrogen and oxygen atoms in total. The van der Waals surface area contributed by atoms with Crippen LogP contribution in [-0.2, 0) is 6.54 Å². The molecular weight excluding hydrogens is 268 g/mol. The molecule has 1 aromatic heterocycles. The number of aliphatic hydroxyl groups is 1. The zero-order valence-corrected chi connectivity index (χ0v) is 11.8. The van der Waals surface area contributed by atoms with Crippen LogP contribution >= 0.6 is 15.9 Å². The number of hydrogen-bond donors (Lipinski definition) is 2. The van der Waals surface area contributed by atoms with Gasteiger partial charge in [0.1, 0.15) is 0 Å². The fraction of sp³-hybridized carbons (Fsp3) is 0.583. The van der Waals surface area contributed by atoms with Crippen LogP contribution in [0, 0.1) is 0 Å². The zero-order valence-electron chi connectivity index (χ0n) is 10.2. The Morgan fingerprint density at radius 1 is 1.31 bits per heavy atom. The van der Waals surface area contributed by atoms with E-state index in [9.17, 15) is 5.11 Å². The summed E-state index contributed by atoms with van der Waals surface area (Å²) in [5, 5.41) is 13.3. The Morgan fingerprint density at radius 2 is 1.94 bits per heavy atom. The summed E-state index contributed by atoms with van der Waals surface area (Å²) in [7, 11) is 0. The number of rotatable bonds is 4. The lowest BCUT2D eigenvalue weighted by Crippen LogP contribution is -2.55. The molecule has 1 aromatic rings. The monoisotopic (exact) mass is 286 g/mol. The highest BCUT2D eigenvalue weighted by Gasteiger charge is 2.34. The maximum absolute atomic E-state index is 9.98. The normalized spacial score (nSPS) is 12.9. The summed E-state index contributed by atoms with van der Waals surface area (Å²) in [6, 6.07) is 3.92. The minimum absolute atomic E-state index is 0.359. The Hall–Kier alpha value is -0.450. The molecule has 0 bridgehead atoms. The smallest absolute Gasteiger partial charge is 0.0767 e. The first-order valence-corrected chi connectivity index (χ1v) is 6.09. The van der Waals surface area contributed by atoms with Crippen LogP contribution in [0.4, 0.5) is 0 Å². The quantitative estimate of drug-likeness (QED) is 0.894. The summed E-state index contributed by atoms with van der Waals surface area (Å²) in [6.45, 7) is 8.20. The number of pyridine rings is 1. The lowest BCUT2D eigenvalue weighted by atomic mass is 9.86. The molecule has 0 atom stereocenters. The highest BCUT2D eigenvalue weighted by atomic mass is 79.9. The molecule has 2 N–H and O–H groups in total. The third-order valence-electron chi connectivity index (χ3n) is 3.03. The van der Waals surface area contributed by atoms with E-state index < -0.39 is 5.60 Å². The van der Waals surface area contributed by atoms with E-state index in [-0.39, 0.29) is 5.54 Å². The summed E-state index contributed by atoms with van der Waals surface area (Å²) in [6.07, 6.45) is 1.77. The van der Waals surface area contributed by atoms with E-state index in [1.807, 2.05) is 26.0 Å². The molecule has 0 aliphatic rings. The van der Waals surface area contributed by atoms with Gasteiger partial charge in [-0.25, -0.2) is 0 Å². The zero-order chi connectivity index (χ0) is 12.4. The van der Waals surface area contributed by atoms with Crippen LogP contribution in [0.5, 0.6) is 0 Å². The van der Waals surface area contributed by atoms with E-state index >= 15 is 0 Å². The van der Waals surface area contributed by atoms with Gasteiger partial charge in [0.15, 0.2) is 0 Å². The van der Waals surface area contributed by atoms with E-state index in [4.69, 9.17) is 0 Å². The van der Waals surface area contributed by atoms with Crippen LogP contribution < -0.4 is 5.32 Å². The minimum atomic E-state index is -0.775. The molecular formula is C12H19BrN2O. The predicted molar refractivity (Wildman–Crippen MR) is 69.2 cm³/mol. The molecule has 0 saturated carbocycles. The van der Waals surface area contributed by atoms with E-state index in [1.54, 1.807) is 20.0 Å². The molecule has 0 amide bonds. The second kappa shape index (κ2) is 4.82. The van der Waals surface area contributed by atoms with Crippen LogP contribution in [-0.4, -0.2) is 21.2 Å². The summed E-state index contributed by atoms with van der Waals surface area (Å²) >= 11 is 3.34. The molecule has 0 fully saturated rings. The van der Waals surface area contributed by atoms with E-state index in [2.05, 4.69) is 26.2 Å². The van der Waals surface area contributed by atoms with Gasteiger partial charge in [-0.15, -0.1) is 0 Å². The number of nitrogens with zero attached hydrogens (tertiary/aromatic N) is 1. The lowest BCUT2D eigenvalue weighted by molar-refractivity contribution is -0.00545. The Bertz CT molecular complexity index is 341. The van der Waals surface area contributed by atoms with Crippen molar-refractivity contribution in [3.05, 3.63) is 28.5 Å². The average molecular weight is 287 g/mol. The Labute approximate surface area is 105 Å². The van der Waals surface area contributed by atoms with Gasteiger partial charge < -0.3 is 10.4 Å². The molecule has 0 radical (unpaired) electrons. The number of nitrogens with one attached hydrogen (secondary N) is 1. The molecule has 1 heterocycles. The maximum atomic E-state index is 9.98. The third-order valence-corrected chi connectivity index (χ3v) is 3.50. The molecule has 0 aliphatic heterocycles. The molecule has 0 aromatic carbocycles. The summed E-state index contributed by atoms with van der Waals surface area (Å²) < 4.78 is 0.970. The molecule has 1 rings (SSSR count). The van der Waals surface area contributed by atoms with Gasteiger partial charge in [-0.1, -0.05) is 0 Å². The number of hydrogen-bond acceptors (Lipinski definition) is 3. The Kier molecular flexibility index (Phi) is 4.10. The van der Waals surface area contributed by atoms with Gasteiger partial charge in [0.05, 0.1) is 11.3 Å². The molecule has 16 heavy (non-hydrogen) atoms. The molecule has 4 heteroatoms. The molecule has 0 aliphatic carbocycles. The van der Waals surface area contributed by atoms with Gasteiger partial charge >= 0.3 is 0 Å². The number of halogens is 1. The van der Waals surface area contributed by atoms with Gasteiger partial charge in [0.2, 0.25) is 0 Å². The average Bonchev–Trinajstić information content (AvgIpc) is 2.15. The highest BCUT2D eigenvalue weighted by molar-refractivity contribution is 9.10. The molecule has 0 unspecified atom stereocenters. The van der Waals surface area contributed by atoms with Crippen LogP contribution in [0.3, 0.4) is 0 Å². The van der Waals surface area contributed by atoms with Gasteiger partial charge in [-0.2, -0.15) is 0 Å². The van der Waals surface area contributed by atoms with Crippen molar-refractivity contribution in [2.75, 3.05) is 0 Å². The van der Waals surface area contributed by atoms with E-state index in [1.165, 1.54) is 0 Å². The fourth-order valence-corrected chi connectivity index (χ4v) is 1.27. The SMILES string of the molecule is CC(C)(O)C(C)(C)NCc1ccc(Br)cn1. The molecule has 0 spiro atoms. The predicted octanol–water partition coefficient (Wildman–Crippen LogP) is 2.48. The summed E-state index contributed by atoms with van der Waals surface area (Å²) in [5.41, 5.74) is -0.176. The van der Waals surface area contributed by atoms with Crippen molar-refractivity contribution in [1.29, 1.82) is 0 Å². The van der Waals surface area contributed by atoms with Crippen molar-refractivity contribution < 1.29 is 5.11 Å². The summed E-state index contributed by atoms with van der Waals surface area (Å²) in [5.74, 6) is 0. The Balaban J connectivity index is 2.61. The second-order valence-corrected chi connectivity index (χ2v) is 5.92. The topological polar surface area (TPSA) is 45.1 Å². The van der Waals surface area contributed by atoms with Crippen molar-refractivity contribution in [3.63, 3.8) is 0 Å². The van der Waals surface area contributed by atoms with Gasteiger partial charge in [0.25, 0.3) is 0 Å². The Morgan fingerprint density at radius 3 is 2.38 bits per heavy atom. The van der Waals surface area contributed by atoms with Crippen molar-refractivity contribution in [2.24, 2.45) is 0 Å². The van der Waals surface area contributed by atoms with Crippen molar-refractivity contribution in [1.82, 2.24) is 10.3 Å². The molecule has 0 saturated heterocycles. The van der Waals surface area contributed by atoms with Crippen molar-refractivity contribution in [3.8, 4) is 0 Å². The summed E-state index contributed by atoms with van der Waals surface area (Å²) in [4.78, 5) is 4.27. The first kappa shape index (κ1) is 13.6. The van der Waals surface area contributed by atoms with E-state index in [0.717, 1.165) is 10.2 Å². The fourth-order valence-electron chi connectivity index (χ4n) is 1.04. The number of aromatic nitrogens is 1. The van der Waals surface area contributed by atoms with Crippen LogP contribution in [0.1, 0.15) is 33.4 Å². The van der Waals surface area contributed by atoms with E-state index in [0.29, 0.717) is 6.54 Å². The standard InChI is InChI=1S/C12H19BrN2O/c1-11(2,12(3,4)16)15-8-10-6-5-9(13)7-14-10/h5-7,15-16H,8H2,1-4H3. The van der Waals surface area contributed by atoms with Gasteiger partial charge in [-0.3, -0.25) is 4.98 Å². The van der Waals surface area contributed by atoms with Crippen LogP contribution in [0.25, 0.3) is 0 Å². The minimum Gasteiger partial charge on any atom is -0.389 e. The maximum Gasteiger partial charge on any atom is 0.0767 e. The second-order valence-electron chi connectivity index (χ2n) is 5.01. The first-order chi connectivity index (χ1) is 7.22. The third kappa shape index (κ3) is 3.54. The van der Waals surface area contributed by atoms with Gasteiger partial charge in [0, 0.05) is 22.8 Å².